The minimum absolute atomic E-state index is 0.0265. The molecule has 0 saturated carbocycles. The van der Waals surface area contributed by atoms with Crippen LogP contribution in [0.3, 0.4) is 0 Å². The summed E-state index contributed by atoms with van der Waals surface area (Å²) in [6.07, 6.45) is 2.06. The number of halogens is 1. The Kier molecular flexibility index (Phi) is 4.16. The first-order chi connectivity index (χ1) is 9.92. The van der Waals surface area contributed by atoms with Crippen LogP contribution in [0.15, 0.2) is 18.2 Å². The van der Waals surface area contributed by atoms with Gasteiger partial charge < -0.3 is 15.7 Å². The van der Waals surface area contributed by atoms with Gasteiger partial charge >= 0.3 is 5.97 Å². The Bertz CT molecular complexity index is 576. The van der Waals surface area contributed by atoms with E-state index in [4.69, 9.17) is 5.73 Å². The Morgan fingerprint density at radius 1 is 1.48 bits per heavy atom. The zero-order valence-corrected chi connectivity index (χ0v) is 11.9. The quantitative estimate of drug-likeness (QED) is 0.834. The molecule has 1 aliphatic heterocycles. The van der Waals surface area contributed by atoms with Crippen molar-refractivity contribution in [1.82, 2.24) is 4.90 Å². The number of nitrogen functional groups attached to an aromatic ring is 1. The Hall–Kier alpha value is -2.11. The maximum absolute atomic E-state index is 13.4. The number of hydrogen-bond donors (Lipinski definition) is 2. The Balaban J connectivity index is 2.41. The van der Waals surface area contributed by atoms with Crippen LogP contribution in [-0.2, 0) is 4.79 Å². The monoisotopic (exact) mass is 294 g/mol. The number of nitrogens with zero attached hydrogens (tertiary/aromatic N) is 1. The maximum Gasteiger partial charge on any atom is 0.329 e. The van der Waals surface area contributed by atoms with Gasteiger partial charge in [0.05, 0.1) is 5.56 Å². The zero-order chi connectivity index (χ0) is 15.6. The van der Waals surface area contributed by atoms with Crippen molar-refractivity contribution in [2.24, 2.45) is 0 Å². The number of anilines is 1. The van der Waals surface area contributed by atoms with Gasteiger partial charge in [0.1, 0.15) is 11.4 Å². The van der Waals surface area contributed by atoms with E-state index in [1.165, 1.54) is 17.0 Å². The second-order valence-electron chi connectivity index (χ2n) is 5.38. The fraction of sp³-hybridized carbons (Fsp3) is 0.467. The van der Waals surface area contributed by atoms with E-state index in [1.807, 2.05) is 6.92 Å². The summed E-state index contributed by atoms with van der Waals surface area (Å²) < 4.78 is 13.4. The van der Waals surface area contributed by atoms with Gasteiger partial charge in [0.15, 0.2) is 0 Å². The van der Waals surface area contributed by atoms with Gasteiger partial charge in [0.2, 0.25) is 0 Å². The summed E-state index contributed by atoms with van der Waals surface area (Å²) in [6.45, 7) is 2.23. The summed E-state index contributed by atoms with van der Waals surface area (Å²) in [7, 11) is 0. The Morgan fingerprint density at radius 2 is 2.19 bits per heavy atom. The number of rotatable bonds is 4. The molecule has 0 aromatic heterocycles. The summed E-state index contributed by atoms with van der Waals surface area (Å²) in [5, 5.41) is 9.59. The molecular formula is C15H19FN2O3. The van der Waals surface area contributed by atoms with Gasteiger partial charge in [-0.05, 0) is 37.5 Å². The van der Waals surface area contributed by atoms with Crippen molar-refractivity contribution in [3.8, 4) is 0 Å². The van der Waals surface area contributed by atoms with Crippen LogP contribution in [0.5, 0.6) is 0 Å². The standard InChI is InChI=1S/C15H19FN2O3/c1-2-6-15(14(20)21)7-3-8-18(15)13(19)11-9-10(16)4-5-12(11)17/h4-5,9H,2-3,6-8,17H2,1H3,(H,20,21). The van der Waals surface area contributed by atoms with Crippen LogP contribution in [-0.4, -0.2) is 34.0 Å². The summed E-state index contributed by atoms with van der Waals surface area (Å²) >= 11 is 0. The van der Waals surface area contributed by atoms with Crippen molar-refractivity contribution in [3.05, 3.63) is 29.6 Å². The second-order valence-corrected chi connectivity index (χ2v) is 5.38. The van der Waals surface area contributed by atoms with E-state index in [0.717, 1.165) is 6.07 Å². The van der Waals surface area contributed by atoms with Crippen molar-refractivity contribution >= 4 is 17.6 Å². The molecule has 5 nitrogen and oxygen atoms in total. The summed E-state index contributed by atoms with van der Waals surface area (Å²) in [5.41, 5.74) is 4.71. The number of benzene rings is 1. The van der Waals surface area contributed by atoms with Crippen molar-refractivity contribution in [3.63, 3.8) is 0 Å². The molecule has 1 atom stereocenters. The van der Waals surface area contributed by atoms with Crippen molar-refractivity contribution in [2.75, 3.05) is 12.3 Å². The third-order valence-electron chi connectivity index (χ3n) is 4.04. The molecule has 0 bridgehead atoms. The van der Waals surface area contributed by atoms with Crippen molar-refractivity contribution in [2.45, 2.75) is 38.1 Å². The normalized spacial score (nSPS) is 21.5. The Morgan fingerprint density at radius 3 is 2.81 bits per heavy atom. The lowest BCUT2D eigenvalue weighted by atomic mass is 9.90. The number of amides is 1. The number of carbonyl (C=O) groups excluding carboxylic acids is 1. The molecule has 2 rings (SSSR count). The molecule has 1 fully saturated rings. The number of aliphatic carboxylic acids is 1. The van der Waals surface area contributed by atoms with Gasteiger partial charge in [-0.2, -0.15) is 0 Å². The maximum atomic E-state index is 13.4. The van der Waals surface area contributed by atoms with Crippen LogP contribution in [0, 0.1) is 5.82 Å². The van der Waals surface area contributed by atoms with E-state index in [-0.39, 0.29) is 11.3 Å². The Labute approximate surface area is 122 Å². The first-order valence-electron chi connectivity index (χ1n) is 7.03. The number of hydrogen-bond acceptors (Lipinski definition) is 3. The molecule has 21 heavy (non-hydrogen) atoms. The van der Waals surface area contributed by atoms with Crippen LogP contribution < -0.4 is 5.73 Å². The molecule has 114 valence electrons. The fourth-order valence-corrected chi connectivity index (χ4v) is 3.04. The van der Waals surface area contributed by atoms with Gasteiger partial charge in [-0.3, -0.25) is 4.79 Å². The highest BCUT2D eigenvalue weighted by atomic mass is 19.1. The summed E-state index contributed by atoms with van der Waals surface area (Å²) in [4.78, 5) is 25.7. The molecule has 1 amide bonds. The van der Waals surface area contributed by atoms with Gasteiger partial charge in [-0.25, -0.2) is 9.18 Å². The number of carboxylic acid groups (broad SMARTS) is 1. The average molecular weight is 294 g/mol. The van der Waals surface area contributed by atoms with E-state index < -0.39 is 23.2 Å². The lowest BCUT2D eigenvalue weighted by Gasteiger charge is -2.35. The highest BCUT2D eigenvalue weighted by Gasteiger charge is 2.49. The zero-order valence-electron chi connectivity index (χ0n) is 11.9. The molecule has 6 heteroatoms. The van der Waals surface area contributed by atoms with Gasteiger partial charge in [0.25, 0.3) is 5.91 Å². The van der Waals surface area contributed by atoms with Crippen molar-refractivity contribution in [1.29, 1.82) is 0 Å². The molecule has 1 heterocycles. The van der Waals surface area contributed by atoms with Crippen LogP contribution in [0.4, 0.5) is 10.1 Å². The highest BCUT2D eigenvalue weighted by molar-refractivity contribution is 6.02. The molecular weight excluding hydrogens is 275 g/mol. The second kappa shape index (κ2) is 5.71. The molecule has 1 unspecified atom stereocenters. The average Bonchev–Trinajstić information content (AvgIpc) is 2.86. The predicted octanol–water partition coefficient (Wildman–Crippen LogP) is 2.27. The molecule has 1 saturated heterocycles. The van der Waals surface area contributed by atoms with Gasteiger partial charge in [-0.15, -0.1) is 0 Å². The molecule has 0 radical (unpaired) electrons. The predicted molar refractivity (Wildman–Crippen MR) is 76.4 cm³/mol. The fourth-order valence-electron chi connectivity index (χ4n) is 3.04. The van der Waals surface area contributed by atoms with Crippen LogP contribution in [0.2, 0.25) is 0 Å². The first-order valence-corrected chi connectivity index (χ1v) is 7.03. The van der Waals surface area contributed by atoms with Gasteiger partial charge in [0, 0.05) is 12.2 Å². The van der Waals surface area contributed by atoms with Gasteiger partial charge in [-0.1, -0.05) is 13.3 Å². The number of likely N-dealkylation sites (tertiary alicyclic amines) is 1. The highest BCUT2D eigenvalue weighted by Crippen LogP contribution is 2.36. The van der Waals surface area contributed by atoms with E-state index in [1.54, 1.807) is 0 Å². The van der Waals surface area contributed by atoms with Crippen LogP contribution in [0.1, 0.15) is 43.0 Å². The topological polar surface area (TPSA) is 83.6 Å². The van der Waals surface area contributed by atoms with E-state index >= 15 is 0 Å². The minimum atomic E-state index is -1.20. The van der Waals surface area contributed by atoms with E-state index in [0.29, 0.717) is 32.2 Å². The largest absolute Gasteiger partial charge is 0.479 e. The first kappa shape index (κ1) is 15.3. The number of nitrogens with two attached hydrogens (primary N) is 1. The minimum Gasteiger partial charge on any atom is -0.479 e. The van der Waals surface area contributed by atoms with E-state index in [9.17, 15) is 19.1 Å². The van der Waals surface area contributed by atoms with Crippen LogP contribution in [0.25, 0.3) is 0 Å². The molecule has 1 aromatic carbocycles. The molecule has 1 aliphatic rings. The molecule has 1 aromatic rings. The van der Waals surface area contributed by atoms with Crippen LogP contribution >= 0.6 is 0 Å². The third kappa shape index (κ3) is 2.57. The molecule has 0 aliphatic carbocycles. The molecule has 0 spiro atoms. The summed E-state index contributed by atoms with van der Waals surface area (Å²) in [5.74, 6) is -2.09. The SMILES string of the molecule is CCCC1(C(=O)O)CCCN1C(=O)c1cc(F)ccc1N. The number of carbonyl (C=O) groups is 2. The van der Waals surface area contributed by atoms with E-state index in [2.05, 4.69) is 0 Å². The van der Waals surface area contributed by atoms with Crippen molar-refractivity contribution < 1.29 is 19.1 Å². The molecule has 3 N–H and O–H groups in total. The smallest absolute Gasteiger partial charge is 0.329 e. The summed E-state index contributed by atoms with van der Waals surface area (Å²) in [6, 6.07) is 3.56. The number of carboxylic acids is 1. The lowest BCUT2D eigenvalue weighted by molar-refractivity contribution is -0.148. The third-order valence-corrected chi connectivity index (χ3v) is 4.04. The lowest BCUT2D eigenvalue weighted by Crippen LogP contribution is -2.53.